The topological polar surface area (TPSA) is 61.4 Å². The number of imide groups is 1. The van der Waals surface area contributed by atoms with Crippen LogP contribution in [0.4, 0.5) is 10.1 Å². The molecule has 1 saturated heterocycles. The van der Waals surface area contributed by atoms with E-state index in [1.54, 1.807) is 17.9 Å². The number of nitrogens with one attached hydrogen (secondary N) is 2. The number of rotatable bonds is 4. The minimum atomic E-state index is -0.460. The van der Waals surface area contributed by atoms with E-state index >= 15 is 0 Å². The summed E-state index contributed by atoms with van der Waals surface area (Å²) in [5, 5.41) is 5.42. The second-order valence-electron chi connectivity index (χ2n) is 4.77. The largest absolute Gasteiger partial charge is 0.350 e. The summed E-state index contributed by atoms with van der Waals surface area (Å²) in [6.07, 6.45) is 0. The average molecular weight is 279 g/mol. The normalized spacial score (nSPS) is 19.1. The summed E-state index contributed by atoms with van der Waals surface area (Å²) in [4.78, 5) is 25.0. The van der Waals surface area contributed by atoms with Crippen LogP contribution in [0.2, 0.25) is 0 Å². The fourth-order valence-corrected chi connectivity index (χ4v) is 2.24. The third-order valence-corrected chi connectivity index (χ3v) is 3.34. The summed E-state index contributed by atoms with van der Waals surface area (Å²) in [5.41, 5.74) is 1.45. The zero-order valence-electron chi connectivity index (χ0n) is 11.6. The van der Waals surface area contributed by atoms with Crippen LogP contribution in [0.1, 0.15) is 19.4 Å². The number of piperazine rings is 1. The van der Waals surface area contributed by atoms with Crippen molar-refractivity contribution in [2.75, 3.05) is 18.0 Å². The molecule has 0 spiro atoms. The molecule has 1 fully saturated rings. The van der Waals surface area contributed by atoms with Gasteiger partial charge in [-0.15, -0.1) is 0 Å². The number of carbonyl (C=O) groups excluding carboxylic acids is 2. The van der Waals surface area contributed by atoms with Gasteiger partial charge >= 0.3 is 0 Å². The van der Waals surface area contributed by atoms with Crippen molar-refractivity contribution in [2.24, 2.45) is 0 Å². The molecule has 1 aliphatic heterocycles. The van der Waals surface area contributed by atoms with Crippen molar-refractivity contribution >= 4 is 17.5 Å². The highest BCUT2D eigenvalue weighted by atomic mass is 19.1. The number of hydrogen-bond acceptors (Lipinski definition) is 4. The first-order valence-corrected chi connectivity index (χ1v) is 6.62. The summed E-state index contributed by atoms with van der Waals surface area (Å²) in [7, 11) is 0. The third-order valence-electron chi connectivity index (χ3n) is 3.34. The quantitative estimate of drug-likeness (QED) is 0.800. The molecule has 0 saturated carbocycles. The molecule has 1 heterocycles. The number of anilines is 1. The van der Waals surface area contributed by atoms with Crippen LogP contribution in [0.25, 0.3) is 0 Å². The van der Waals surface area contributed by atoms with E-state index in [4.69, 9.17) is 0 Å². The Morgan fingerprint density at radius 3 is 2.90 bits per heavy atom. The zero-order chi connectivity index (χ0) is 14.7. The Hall–Kier alpha value is -1.95. The molecule has 20 heavy (non-hydrogen) atoms. The molecule has 1 atom stereocenters. The summed E-state index contributed by atoms with van der Waals surface area (Å²) >= 11 is 0. The molecular weight excluding hydrogens is 261 g/mol. The molecule has 1 unspecified atom stereocenters. The molecule has 0 radical (unpaired) electrons. The molecule has 0 aliphatic carbocycles. The lowest BCUT2D eigenvalue weighted by molar-refractivity contribution is -0.132. The van der Waals surface area contributed by atoms with Crippen LogP contribution >= 0.6 is 0 Å². The predicted molar refractivity (Wildman–Crippen MR) is 73.7 cm³/mol. The summed E-state index contributed by atoms with van der Waals surface area (Å²) in [6, 6.07) is 3.93. The fourth-order valence-electron chi connectivity index (χ4n) is 2.24. The lowest BCUT2D eigenvalue weighted by Crippen LogP contribution is -2.57. The van der Waals surface area contributed by atoms with Gasteiger partial charge in [-0.05, 0) is 37.2 Å². The molecule has 0 bridgehead atoms. The van der Waals surface area contributed by atoms with Gasteiger partial charge in [-0.2, -0.15) is 0 Å². The maximum absolute atomic E-state index is 13.4. The molecule has 2 amide bonds. The standard InChI is InChI=1S/C14H18FN3O2/c1-3-16-7-10-6-11(15)4-5-12(10)18-8-13(19)17-14(20)9(18)2/h4-6,9,16H,3,7-8H2,1-2H3,(H,17,19,20). The van der Waals surface area contributed by atoms with Crippen molar-refractivity contribution in [3.8, 4) is 0 Å². The van der Waals surface area contributed by atoms with E-state index in [0.29, 0.717) is 12.2 Å². The van der Waals surface area contributed by atoms with E-state index in [0.717, 1.165) is 12.1 Å². The third kappa shape index (κ3) is 2.96. The van der Waals surface area contributed by atoms with Crippen LogP contribution < -0.4 is 15.5 Å². The van der Waals surface area contributed by atoms with Crippen LogP contribution in [0.3, 0.4) is 0 Å². The summed E-state index contributed by atoms with van der Waals surface area (Å²) in [6.45, 7) is 5.02. The maximum Gasteiger partial charge on any atom is 0.249 e. The van der Waals surface area contributed by atoms with Gasteiger partial charge in [0.05, 0.1) is 6.54 Å². The van der Waals surface area contributed by atoms with Crippen molar-refractivity contribution in [3.05, 3.63) is 29.6 Å². The lowest BCUT2D eigenvalue weighted by Gasteiger charge is -2.34. The molecule has 2 rings (SSSR count). The molecule has 5 nitrogen and oxygen atoms in total. The Morgan fingerprint density at radius 2 is 2.20 bits per heavy atom. The van der Waals surface area contributed by atoms with Crippen LogP contribution in [-0.2, 0) is 16.1 Å². The van der Waals surface area contributed by atoms with E-state index in [1.165, 1.54) is 12.1 Å². The molecular formula is C14H18FN3O2. The number of nitrogens with zero attached hydrogens (tertiary/aromatic N) is 1. The van der Waals surface area contributed by atoms with Gasteiger partial charge in [0.25, 0.3) is 0 Å². The number of benzene rings is 1. The van der Waals surface area contributed by atoms with E-state index < -0.39 is 6.04 Å². The maximum atomic E-state index is 13.4. The Labute approximate surface area is 117 Å². The smallest absolute Gasteiger partial charge is 0.249 e. The highest BCUT2D eigenvalue weighted by molar-refractivity contribution is 6.04. The van der Waals surface area contributed by atoms with Gasteiger partial charge in [0.15, 0.2) is 0 Å². The predicted octanol–water partition coefficient (Wildman–Crippen LogP) is 0.786. The Kier molecular flexibility index (Phi) is 4.34. The number of halogens is 1. The van der Waals surface area contributed by atoms with E-state index in [-0.39, 0.29) is 24.2 Å². The minimum absolute atomic E-state index is 0.0949. The van der Waals surface area contributed by atoms with Crippen molar-refractivity contribution in [3.63, 3.8) is 0 Å². The van der Waals surface area contributed by atoms with Crippen LogP contribution in [0.15, 0.2) is 18.2 Å². The SMILES string of the molecule is CCNCc1cc(F)ccc1N1CC(=O)NC(=O)C1C. The summed E-state index contributed by atoms with van der Waals surface area (Å²) < 4.78 is 13.4. The minimum Gasteiger partial charge on any atom is -0.350 e. The highest BCUT2D eigenvalue weighted by Crippen LogP contribution is 2.25. The Morgan fingerprint density at radius 1 is 1.45 bits per heavy atom. The van der Waals surface area contributed by atoms with Gasteiger partial charge in [-0.3, -0.25) is 14.9 Å². The molecule has 1 aromatic carbocycles. The second kappa shape index (κ2) is 6.00. The van der Waals surface area contributed by atoms with Crippen LogP contribution in [0.5, 0.6) is 0 Å². The number of hydrogen-bond donors (Lipinski definition) is 2. The number of amides is 2. The average Bonchev–Trinajstić information content (AvgIpc) is 2.41. The van der Waals surface area contributed by atoms with Crippen molar-refractivity contribution in [1.29, 1.82) is 0 Å². The van der Waals surface area contributed by atoms with Crippen molar-refractivity contribution in [1.82, 2.24) is 10.6 Å². The van der Waals surface area contributed by atoms with Gasteiger partial charge in [-0.25, -0.2) is 4.39 Å². The summed E-state index contributed by atoms with van der Waals surface area (Å²) in [5.74, 6) is -1.01. The van der Waals surface area contributed by atoms with Gasteiger partial charge in [0.2, 0.25) is 11.8 Å². The second-order valence-corrected chi connectivity index (χ2v) is 4.77. The zero-order valence-corrected chi connectivity index (χ0v) is 11.6. The van der Waals surface area contributed by atoms with Gasteiger partial charge in [0, 0.05) is 12.2 Å². The van der Waals surface area contributed by atoms with Gasteiger partial charge in [0.1, 0.15) is 11.9 Å². The fraction of sp³-hybridized carbons (Fsp3) is 0.429. The Balaban J connectivity index is 2.34. The lowest BCUT2D eigenvalue weighted by atomic mass is 10.1. The van der Waals surface area contributed by atoms with Crippen molar-refractivity contribution < 1.29 is 14.0 Å². The van der Waals surface area contributed by atoms with Crippen LogP contribution in [0, 0.1) is 5.82 Å². The van der Waals surface area contributed by atoms with Crippen LogP contribution in [-0.4, -0.2) is 30.9 Å². The first kappa shape index (κ1) is 14.5. The molecule has 1 aromatic rings. The van der Waals surface area contributed by atoms with E-state index in [9.17, 15) is 14.0 Å². The molecule has 108 valence electrons. The monoisotopic (exact) mass is 279 g/mol. The Bertz CT molecular complexity index is 533. The first-order chi connectivity index (χ1) is 9.52. The van der Waals surface area contributed by atoms with Crippen molar-refractivity contribution in [2.45, 2.75) is 26.4 Å². The number of carbonyl (C=O) groups is 2. The first-order valence-electron chi connectivity index (χ1n) is 6.62. The molecule has 1 aliphatic rings. The highest BCUT2D eigenvalue weighted by Gasteiger charge is 2.31. The van der Waals surface area contributed by atoms with Gasteiger partial charge < -0.3 is 10.2 Å². The van der Waals surface area contributed by atoms with E-state index in [1.807, 2.05) is 6.92 Å². The molecule has 2 N–H and O–H groups in total. The van der Waals surface area contributed by atoms with Gasteiger partial charge in [-0.1, -0.05) is 6.92 Å². The molecule has 0 aromatic heterocycles. The van der Waals surface area contributed by atoms with E-state index in [2.05, 4.69) is 10.6 Å². The molecule has 6 heteroatoms.